The van der Waals surface area contributed by atoms with E-state index in [-0.39, 0.29) is 17.2 Å². The molecule has 0 atom stereocenters. The molecular weight excluding hydrogens is 252 g/mol. The first kappa shape index (κ1) is 13.3. The van der Waals surface area contributed by atoms with Gasteiger partial charge in [-0.15, -0.1) is 0 Å². The average Bonchev–Trinajstić information content (AvgIpc) is 3.03. The van der Waals surface area contributed by atoms with Crippen molar-refractivity contribution < 1.29 is 13.5 Å². The minimum absolute atomic E-state index is 0.127. The van der Waals surface area contributed by atoms with Crippen LogP contribution >= 0.6 is 0 Å². The quantitative estimate of drug-likeness (QED) is 0.702. The third kappa shape index (κ3) is 2.23. The maximum Gasteiger partial charge on any atom is 0.243 e. The molecule has 0 saturated heterocycles. The number of nitrogen functional groups attached to an aromatic ring is 1. The third-order valence-electron chi connectivity index (χ3n) is 3.39. The fourth-order valence-corrected chi connectivity index (χ4v) is 3.83. The number of aryl methyl sites for hydroxylation is 2. The molecule has 0 aromatic heterocycles. The smallest absolute Gasteiger partial charge is 0.243 e. The summed E-state index contributed by atoms with van der Waals surface area (Å²) >= 11 is 0. The molecule has 0 bridgehead atoms. The molecule has 4 N–H and O–H groups in total. The van der Waals surface area contributed by atoms with Gasteiger partial charge >= 0.3 is 0 Å². The Morgan fingerprint density at radius 3 is 2.39 bits per heavy atom. The summed E-state index contributed by atoms with van der Waals surface area (Å²) in [4.78, 5) is 0.127. The lowest BCUT2D eigenvalue weighted by atomic mass is 10.1. The van der Waals surface area contributed by atoms with Gasteiger partial charge in [0.05, 0.1) is 17.8 Å². The Morgan fingerprint density at radius 2 is 1.89 bits per heavy atom. The standard InChI is InChI=1S/C12H18N2O3S/c1-8-3-4-9(2)11(10(8)13)18(16,17)14-12(7-15)5-6-12/h3-4,14-15H,5-7,13H2,1-2H3. The summed E-state index contributed by atoms with van der Waals surface area (Å²) in [6.07, 6.45) is 1.32. The summed E-state index contributed by atoms with van der Waals surface area (Å²) in [6, 6.07) is 3.53. The molecule has 100 valence electrons. The van der Waals surface area contributed by atoms with Crippen molar-refractivity contribution in [3.63, 3.8) is 0 Å². The highest BCUT2D eigenvalue weighted by Crippen LogP contribution is 2.37. The van der Waals surface area contributed by atoms with Crippen molar-refractivity contribution in [3.8, 4) is 0 Å². The van der Waals surface area contributed by atoms with Crippen molar-refractivity contribution in [1.29, 1.82) is 0 Å². The fourth-order valence-electron chi connectivity index (χ4n) is 1.94. The first-order chi connectivity index (χ1) is 8.31. The van der Waals surface area contributed by atoms with Crippen LogP contribution in [-0.2, 0) is 10.0 Å². The van der Waals surface area contributed by atoms with E-state index in [2.05, 4.69) is 4.72 Å². The molecule has 1 aromatic carbocycles. The first-order valence-electron chi connectivity index (χ1n) is 5.82. The maximum absolute atomic E-state index is 12.3. The van der Waals surface area contributed by atoms with Crippen LogP contribution in [0.2, 0.25) is 0 Å². The van der Waals surface area contributed by atoms with Gasteiger partial charge in [0.15, 0.2) is 0 Å². The number of hydrogen-bond acceptors (Lipinski definition) is 4. The number of aliphatic hydroxyl groups excluding tert-OH is 1. The van der Waals surface area contributed by atoms with E-state index >= 15 is 0 Å². The van der Waals surface area contributed by atoms with Gasteiger partial charge in [-0.2, -0.15) is 0 Å². The highest BCUT2D eigenvalue weighted by atomic mass is 32.2. The van der Waals surface area contributed by atoms with Crippen molar-refractivity contribution >= 4 is 15.7 Å². The zero-order valence-electron chi connectivity index (χ0n) is 10.5. The predicted molar refractivity (Wildman–Crippen MR) is 69.7 cm³/mol. The van der Waals surface area contributed by atoms with E-state index in [0.29, 0.717) is 18.4 Å². The predicted octanol–water partition coefficient (Wildman–Crippen LogP) is 0.689. The molecule has 0 aliphatic heterocycles. The Labute approximate surface area is 107 Å². The molecule has 0 radical (unpaired) electrons. The summed E-state index contributed by atoms with van der Waals surface area (Å²) in [5.41, 5.74) is 6.81. The lowest BCUT2D eigenvalue weighted by Gasteiger charge is -2.18. The Balaban J connectivity index is 2.45. The van der Waals surface area contributed by atoms with Crippen LogP contribution in [0, 0.1) is 13.8 Å². The molecule has 1 aliphatic rings. The van der Waals surface area contributed by atoms with Gasteiger partial charge in [0.25, 0.3) is 0 Å². The average molecular weight is 270 g/mol. The Morgan fingerprint density at radius 1 is 1.33 bits per heavy atom. The largest absolute Gasteiger partial charge is 0.397 e. The molecule has 5 nitrogen and oxygen atoms in total. The molecule has 1 aromatic rings. The molecule has 0 amide bonds. The van der Waals surface area contributed by atoms with Crippen LogP contribution in [0.15, 0.2) is 17.0 Å². The maximum atomic E-state index is 12.3. The second kappa shape index (κ2) is 4.22. The minimum Gasteiger partial charge on any atom is -0.397 e. The Bertz CT molecular complexity index is 577. The van der Waals surface area contributed by atoms with Gasteiger partial charge < -0.3 is 10.8 Å². The third-order valence-corrected chi connectivity index (χ3v) is 5.17. The Kier molecular flexibility index (Phi) is 3.12. The van der Waals surface area contributed by atoms with Crippen molar-refractivity contribution in [1.82, 2.24) is 4.72 Å². The molecule has 0 spiro atoms. The summed E-state index contributed by atoms with van der Waals surface area (Å²) in [5.74, 6) is 0. The number of rotatable bonds is 4. The molecule has 18 heavy (non-hydrogen) atoms. The van der Waals surface area contributed by atoms with Crippen molar-refractivity contribution in [2.75, 3.05) is 12.3 Å². The summed E-state index contributed by atoms with van der Waals surface area (Å²) < 4.78 is 27.2. The fraction of sp³-hybridized carbons (Fsp3) is 0.500. The van der Waals surface area contributed by atoms with E-state index in [0.717, 1.165) is 5.56 Å². The lowest BCUT2D eigenvalue weighted by molar-refractivity contribution is 0.246. The Hall–Kier alpha value is -1.11. The monoisotopic (exact) mass is 270 g/mol. The van der Waals surface area contributed by atoms with Gasteiger partial charge in [-0.1, -0.05) is 12.1 Å². The molecule has 1 aliphatic carbocycles. The van der Waals surface area contributed by atoms with E-state index in [9.17, 15) is 13.5 Å². The number of nitrogens with two attached hydrogens (primary N) is 1. The van der Waals surface area contributed by atoms with E-state index in [1.165, 1.54) is 0 Å². The van der Waals surface area contributed by atoms with Crippen LogP contribution in [-0.4, -0.2) is 25.7 Å². The van der Waals surface area contributed by atoms with Crippen molar-refractivity contribution in [2.45, 2.75) is 37.1 Å². The number of benzene rings is 1. The van der Waals surface area contributed by atoms with Gasteiger partial charge in [-0.05, 0) is 37.8 Å². The summed E-state index contributed by atoms with van der Waals surface area (Å²) in [7, 11) is -3.69. The number of sulfonamides is 1. The minimum atomic E-state index is -3.69. The number of anilines is 1. The SMILES string of the molecule is Cc1ccc(C)c(S(=O)(=O)NC2(CO)CC2)c1N. The van der Waals surface area contributed by atoms with Crippen molar-refractivity contribution in [2.24, 2.45) is 0 Å². The van der Waals surface area contributed by atoms with Gasteiger partial charge in [0.2, 0.25) is 10.0 Å². The highest BCUT2D eigenvalue weighted by Gasteiger charge is 2.46. The normalized spacial score (nSPS) is 17.7. The van der Waals surface area contributed by atoms with E-state index in [4.69, 9.17) is 5.73 Å². The zero-order valence-corrected chi connectivity index (χ0v) is 11.3. The molecule has 1 saturated carbocycles. The van der Waals surface area contributed by atoms with Crippen LogP contribution in [0.5, 0.6) is 0 Å². The van der Waals surface area contributed by atoms with Crippen LogP contribution < -0.4 is 10.5 Å². The second-order valence-corrected chi connectivity index (χ2v) is 6.61. The first-order valence-corrected chi connectivity index (χ1v) is 7.30. The van der Waals surface area contributed by atoms with Gasteiger partial charge in [0, 0.05) is 0 Å². The summed E-state index contributed by atoms with van der Waals surface area (Å²) in [5, 5.41) is 9.20. The van der Waals surface area contributed by atoms with E-state index in [1.807, 2.05) is 0 Å². The number of aliphatic hydroxyl groups is 1. The zero-order chi connectivity index (χ0) is 13.6. The molecular formula is C12H18N2O3S. The molecule has 0 heterocycles. The molecule has 6 heteroatoms. The molecule has 1 fully saturated rings. The summed E-state index contributed by atoms with van der Waals surface area (Å²) in [6.45, 7) is 3.30. The molecule has 2 rings (SSSR count). The van der Waals surface area contributed by atoms with Crippen molar-refractivity contribution in [3.05, 3.63) is 23.3 Å². The number of nitrogens with one attached hydrogen (secondary N) is 1. The van der Waals surface area contributed by atoms with Gasteiger partial charge in [0.1, 0.15) is 4.90 Å². The second-order valence-electron chi connectivity index (χ2n) is 4.99. The number of hydrogen-bond donors (Lipinski definition) is 3. The van der Waals surface area contributed by atoms with Crippen LogP contribution in [0.4, 0.5) is 5.69 Å². The van der Waals surface area contributed by atoms with Crippen LogP contribution in [0.3, 0.4) is 0 Å². The van der Waals surface area contributed by atoms with Crippen LogP contribution in [0.1, 0.15) is 24.0 Å². The highest BCUT2D eigenvalue weighted by molar-refractivity contribution is 7.89. The molecule has 0 unspecified atom stereocenters. The van der Waals surface area contributed by atoms with Gasteiger partial charge in [-0.25, -0.2) is 13.1 Å². The van der Waals surface area contributed by atoms with Crippen LogP contribution in [0.25, 0.3) is 0 Å². The lowest BCUT2D eigenvalue weighted by Crippen LogP contribution is -2.40. The topological polar surface area (TPSA) is 92.4 Å². The van der Waals surface area contributed by atoms with E-state index < -0.39 is 15.6 Å². The van der Waals surface area contributed by atoms with E-state index in [1.54, 1.807) is 26.0 Å². The van der Waals surface area contributed by atoms with Gasteiger partial charge in [-0.3, -0.25) is 0 Å².